The second-order valence-corrected chi connectivity index (χ2v) is 2.22. The fourth-order valence-corrected chi connectivity index (χ4v) is 0.743. The second kappa shape index (κ2) is 5.29. The third kappa shape index (κ3) is 3.50. The van der Waals surface area contributed by atoms with E-state index in [2.05, 4.69) is 9.97 Å². The highest BCUT2D eigenvalue weighted by atomic mass is 79.9. The number of nitrogens with one attached hydrogen (secondary N) is 1. The molecule has 1 rings (SSSR count). The molecule has 0 aliphatic heterocycles. The van der Waals surface area contributed by atoms with Gasteiger partial charge in [-0.3, -0.25) is 0 Å². The zero-order chi connectivity index (χ0) is 7.40. The average Bonchev–Trinajstić information content (AvgIpc) is 2.40. The Morgan fingerprint density at radius 1 is 1.73 bits per heavy atom. The molecular weight excluding hydrogens is 210 g/mol. The van der Waals surface area contributed by atoms with E-state index in [4.69, 9.17) is 10.8 Å². The van der Waals surface area contributed by atoms with Crippen LogP contribution in [0, 0.1) is 0 Å². The summed E-state index contributed by atoms with van der Waals surface area (Å²) in [5.41, 5.74) is 6.43. The van der Waals surface area contributed by atoms with E-state index >= 15 is 0 Å². The third-order valence-corrected chi connectivity index (χ3v) is 1.27. The van der Waals surface area contributed by atoms with E-state index in [9.17, 15) is 0 Å². The average molecular weight is 222 g/mol. The molecule has 1 unspecified atom stereocenters. The van der Waals surface area contributed by atoms with Gasteiger partial charge in [-0.05, 0) is 0 Å². The Labute approximate surface area is 75.6 Å². The smallest absolute Gasteiger partial charge is 0.0921 e. The number of aromatic nitrogens is 2. The van der Waals surface area contributed by atoms with Gasteiger partial charge in [0.1, 0.15) is 0 Å². The molecule has 0 amide bonds. The van der Waals surface area contributed by atoms with E-state index < -0.39 is 0 Å². The van der Waals surface area contributed by atoms with Crippen LogP contribution in [0.25, 0.3) is 0 Å². The first kappa shape index (κ1) is 10.6. The summed E-state index contributed by atoms with van der Waals surface area (Å²) >= 11 is 0. The van der Waals surface area contributed by atoms with Crippen LogP contribution in [-0.4, -0.2) is 27.7 Å². The monoisotopic (exact) mass is 221 g/mol. The Bertz CT molecular complexity index is 178. The first-order valence-electron chi connectivity index (χ1n) is 3.16. The van der Waals surface area contributed by atoms with Crippen molar-refractivity contribution in [3.8, 4) is 0 Å². The van der Waals surface area contributed by atoms with Crippen molar-refractivity contribution in [1.82, 2.24) is 9.97 Å². The number of nitrogens with two attached hydrogens (primary N) is 1. The van der Waals surface area contributed by atoms with Gasteiger partial charge in [0.05, 0.1) is 12.9 Å². The molecule has 0 aromatic carbocycles. The van der Waals surface area contributed by atoms with Gasteiger partial charge in [-0.15, -0.1) is 17.0 Å². The zero-order valence-corrected chi connectivity index (χ0v) is 7.74. The van der Waals surface area contributed by atoms with Crippen molar-refractivity contribution in [1.29, 1.82) is 0 Å². The van der Waals surface area contributed by atoms with Gasteiger partial charge in [-0.2, -0.15) is 0 Å². The molecule has 0 aliphatic carbocycles. The Morgan fingerprint density at radius 3 is 2.91 bits per heavy atom. The highest BCUT2D eigenvalue weighted by Crippen LogP contribution is 1.94. The molecule has 4 nitrogen and oxygen atoms in total. The molecular formula is C6H12BrN3O. The number of rotatable bonds is 3. The van der Waals surface area contributed by atoms with Gasteiger partial charge in [-0.25, -0.2) is 4.98 Å². The van der Waals surface area contributed by atoms with E-state index in [1.54, 1.807) is 12.5 Å². The van der Waals surface area contributed by atoms with Gasteiger partial charge >= 0.3 is 0 Å². The zero-order valence-electron chi connectivity index (χ0n) is 6.03. The lowest BCUT2D eigenvalue weighted by molar-refractivity contribution is 0.264. The first-order valence-corrected chi connectivity index (χ1v) is 3.16. The molecule has 0 bridgehead atoms. The molecule has 11 heavy (non-hydrogen) atoms. The van der Waals surface area contributed by atoms with E-state index in [1.807, 2.05) is 0 Å². The van der Waals surface area contributed by atoms with Gasteiger partial charge in [0.15, 0.2) is 0 Å². The van der Waals surface area contributed by atoms with Crippen LogP contribution in [0.1, 0.15) is 5.69 Å². The number of hydrogen-bond acceptors (Lipinski definition) is 3. The molecule has 1 aromatic heterocycles. The molecule has 0 aliphatic rings. The largest absolute Gasteiger partial charge is 0.395 e. The van der Waals surface area contributed by atoms with Gasteiger partial charge in [-0.1, -0.05) is 0 Å². The molecule has 4 N–H and O–H groups in total. The maximum absolute atomic E-state index is 8.57. The van der Waals surface area contributed by atoms with E-state index in [0.29, 0.717) is 6.42 Å². The molecule has 0 saturated heterocycles. The number of nitrogens with zero attached hydrogens (tertiary/aromatic N) is 1. The standard InChI is InChI=1S/C6H11N3O.BrH/c7-5(3-10)1-6-2-8-4-9-6;/h2,4-5,10H,1,3,7H2,(H,8,9);1H. The molecule has 64 valence electrons. The van der Waals surface area contributed by atoms with Gasteiger partial charge in [0.2, 0.25) is 0 Å². The van der Waals surface area contributed by atoms with Crippen LogP contribution in [0.15, 0.2) is 12.5 Å². The fourth-order valence-electron chi connectivity index (χ4n) is 0.743. The fraction of sp³-hybridized carbons (Fsp3) is 0.500. The van der Waals surface area contributed by atoms with Crippen molar-refractivity contribution >= 4 is 17.0 Å². The van der Waals surface area contributed by atoms with E-state index in [-0.39, 0.29) is 29.6 Å². The minimum atomic E-state index is -0.180. The molecule has 0 fully saturated rings. The summed E-state index contributed by atoms with van der Waals surface area (Å²) in [6, 6.07) is -0.180. The summed E-state index contributed by atoms with van der Waals surface area (Å²) in [6.45, 7) is 0.0129. The minimum Gasteiger partial charge on any atom is -0.395 e. The van der Waals surface area contributed by atoms with Gasteiger partial charge in [0.25, 0.3) is 0 Å². The predicted molar refractivity (Wildman–Crippen MR) is 47.7 cm³/mol. The maximum Gasteiger partial charge on any atom is 0.0921 e. The normalized spacial score (nSPS) is 12.2. The lowest BCUT2D eigenvalue weighted by Crippen LogP contribution is -2.26. The summed E-state index contributed by atoms with van der Waals surface area (Å²) in [7, 11) is 0. The van der Waals surface area contributed by atoms with Crippen LogP contribution in [-0.2, 0) is 6.42 Å². The van der Waals surface area contributed by atoms with Crippen molar-refractivity contribution in [2.24, 2.45) is 5.73 Å². The van der Waals surface area contributed by atoms with E-state index in [1.165, 1.54) is 0 Å². The second-order valence-electron chi connectivity index (χ2n) is 2.22. The van der Waals surface area contributed by atoms with Crippen LogP contribution in [0.2, 0.25) is 0 Å². The summed E-state index contributed by atoms with van der Waals surface area (Å²) in [5, 5.41) is 8.57. The summed E-state index contributed by atoms with van der Waals surface area (Å²) in [4.78, 5) is 6.72. The molecule has 0 saturated carbocycles. The van der Waals surface area contributed by atoms with Crippen molar-refractivity contribution in [3.05, 3.63) is 18.2 Å². The Balaban J connectivity index is 0.000001000. The molecule has 1 atom stereocenters. The summed E-state index contributed by atoms with van der Waals surface area (Å²) in [6.07, 6.45) is 3.95. The number of imidazole rings is 1. The van der Waals surface area contributed by atoms with Crippen molar-refractivity contribution in [3.63, 3.8) is 0 Å². The quantitative estimate of drug-likeness (QED) is 0.665. The lowest BCUT2D eigenvalue weighted by atomic mass is 10.2. The highest BCUT2D eigenvalue weighted by molar-refractivity contribution is 8.93. The topological polar surface area (TPSA) is 74.9 Å². The number of aromatic amines is 1. The highest BCUT2D eigenvalue weighted by Gasteiger charge is 2.01. The summed E-state index contributed by atoms with van der Waals surface area (Å²) in [5.74, 6) is 0. The van der Waals surface area contributed by atoms with Crippen molar-refractivity contribution in [2.75, 3.05) is 6.61 Å². The van der Waals surface area contributed by atoms with Crippen LogP contribution in [0.3, 0.4) is 0 Å². The van der Waals surface area contributed by atoms with Crippen molar-refractivity contribution < 1.29 is 5.11 Å². The predicted octanol–water partition coefficient (Wildman–Crippen LogP) is -0.150. The Hall–Kier alpha value is -0.390. The molecule has 0 spiro atoms. The minimum absolute atomic E-state index is 0. The number of aliphatic hydroxyl groups is 1. The Kier molecular flexibility index (Phi) is 5.10. The summed E-state index contributed by atoms with van der Waals surface area (Å²) < 4.78 is 0. The van der Waals surface area contributed by atoms with Crippen LogP contribution >= 0.6 is 17.0 Å². The maximum atomic E-state index is 8.57. The third-order valence-electron chi connectivity index (χ3n) is 1.27. The van der Waals surface area contributed by atoms with Gasteiger partial charge < -0.3 is 15.8 Å². The molecule has 1 aromatic rings. The number of halogens is 1. The van der Waals surface area contributed by atoms with E-state index in [0.717, 1.165) is 5.69 Å². The van der Waals surface area contributed by atoms with Crippen LogP contribution in [0.4, 0.5) is 0 Å². The first-order chi connectivity index (χ1) is 4.83. The number of H-pyrrole nitrogens is 1. The molecule has 5 heteroatoms. The number of aliphatic hydroxyl groups excluding tert-OH is 1. The number of hydrogen-bond donors (Lipinski definition) is 3. The van der Waals surface area contributed by atoms with Crippen molar-refractivity contribution in [2.45, 2.75) is 12.5 Å². The lowest BCUT2D eigenvalue weighted by Gasteiger charge is -2.03. The van der Waals surface area contributed by atoms with Crippen LogP contribution in [0.5, 0.6) is 0 Å². The molecule has 1 heterocycles. The van der Waals surface area contributed by atoms with Gasteiger partial charge in [0, 0.05) is 24.4 Å². The Morgan fingerprint density at radius 2 is 2.45 bits per heavy atom. The SMILES string of the molecule is Br.NC(CO)Cc1cnc[nH]1. The van der Waals surface area contributed by atoms with Crippen LogP contribution < -0.4 is 5.73 Å². The molecule has 0 radical (unpaired) electrons.